The Kier molecular flexibility index (Phi) is 4.16. The van der Waals surface area contributed by atoms with E-state index in [1.54, 1.807) is 17.0 Å². The van der Waals surface area contributed by atoms with E-state index < -0.39 is 18.3 Å². The van der Waals surface area contributed by atoms with Gasteiger partial charge >= 0.3 is 6.18 Å². The van der Waals surface area contributed by atoms with Gasteiger partial charge in [0.15, 0.2) is 11.7 Å². The first-order valence-electron chi connectivity index (χ1n) is 8.69. The molecule has 0 radical (unpaired) electrons. The highest BCUT2D eigenvalue weighted by atomic mass is 19.4. The Morgan fingerprint density at radius 2 is 2.04 bits per heavy atom. The number of rotatable bonds is 2. The Morgan fingerprint density at radius 3 is 2.69 bits per heavy atom. The van der Waals surface area contributed by atoms with Crippen LogP contribution in [0.5, 0.6) is 0 Å². The number of alkyl halides is 3. The molecule has 1 fully saturated rings. The van der Waals surface area contributed by atoms with Crippen LogP contribution in [-0.4, -0.2) is 39.9 Å². The van der Waals surface area contributed by atoms with E-state index in [1.807, 2.05) is 0 Å². The molecule has 2 atom stereocenters. The molecule has 140 valence electrons. The van der Waals surface area contributed by atoms with Crippen molar-refractivity contribution in [1.82, 2.24) is 14.7 Å². The van der Waals surface area contributed by atoms with Gasteiger partial charge in [-0.2, -0.15) is 18.3 Å². The summed E-state index contributed by atoms with van der Waals surface area (Å²) in [6, 6.07) is 2.24. The molecule has 2 aliphatic rings. The molecule has 0 saturated carbocycles. The van der Waals surface area contributed by atoms with Crippen LogP contribution in [0.3, 0.4) is 0 Å². The van der Waals surface area contributed by atoms with Crippen molar-refractivity contribution in [2.45, 2.75) is 43.9 Å². The van der Waals surface area contributed by atoms with E-state index in [-0.39, 0.29) is 23.8 Å². The van der Waals surface area contributed by atoms with Crippen LogP contribution in [0.15, 0.2) is 28.9 Å². The van der Waals surface area contributed by atoms with Gasteiger partial charge in [-0.15, -0.1) is 0 Å². The number of anilines is 1. The lowest BCUT2D eigenvalue weighted by Crippen LogP contribution is -2.37. The maximum Gasteiger partial charge on any atom is 0.410 e. The van der Waals surface area contributed by atoms with E-state index in [9.17, 15) is 18.0 Å². The quantitative estimate of drug-likeness (QED) is 0.877. The lowest BCUT2D eigenvalue weighted by Gasteiger charge is -2.32. The monoisotopic (exact) mass is 368 g/mol. The van der Waals surface area contributed by atoms with Crippen LogP contribution in [0.4, 0.5) is 19.0 Å². The number of amides is 1. The van der Waals surface area contributed by atoms with Gasteiger partial charge in [0.2, 0.25) is 0 Å². The fourth-order valence-electron chi connectivity index (χ4n) is 3.61. The predicted molar refractivity (Wildman–Crippen MR) is 86.8 cm³/mol. The Labute approximate surface area is 147 Å². The van der Waals surface area contributed by atoms with E-state index >= 15 is 0 Å². The van der Waals surface area contributed by atoms with Crippen LogP contribution in [-0.2, 0) is 0 Å². The Bertz CT molecular complexity index is 779. The minimum absolute atomic E-state index is 0.0451. The van der Waals surface area contributed by atoms with Gasteiger partial charge in [-0.25, -0.2) is 4.68 Å². The molecular weight excluding hydrogens is 349 g/mol. The number of halogens is 3. The summed E-state index contributed by atoms with van der Waals surface area (Å²) in [5.74, 6) is 0.291. The lowest BCUT2D eigenvalue weighted by molar-refractivity contribution is -0.174. The largest absolute Gasteiger partial charge is 0.467 e. The highest BCUT2D eigenvalue weighted by Crippen LogP contribution is 2.43. The average Bonchev–Trinajstić information content (AvgIpc) is 3.29. The van der Waals surface area contributed by atoms with Gasteiger partial charge < -0.3 is 14.6 Å². The Morgan fingerprint density at radius 1 is 1.27 bits per heavy atom. The summed E-state index contributed by atoms with van der Waals surface area (Å²) in [4.78, 5) is 14.3. The normalized spacial score (nSPS) is 23.4. The topological polar surface area (TPSA) is 63.3 Å². The number of hydrogen-bond acceptors (Lipinski definition) is 4. The number of nitrogens with zero attached hydrogens (tertiary/aromatic N) is 3. The van der Waals surface area contributed by atoms with E-state index in [0.717, 1.165) is 23.9 Å². The van der Waals surface area contributed by atoms with Gasteiger partial charge in [0.1, 0.15) is 11.6 Å². The van der Waals surface area contributed by atoms with Crippen LogP contribution >= 0.6 is 0 Å². The predicted octanol–water partition coefficient (Wildman–Crippen LogP) is 3.76. The summed E-state index contributed by atoms with van der Waals surface area (Å²) < 4.78 is 46.9. The number of piperidine rings is 1. The van der Waals surface area contributed by atoms with Crippen molar-refractivity contribution < 1.29 is 22.4 Å². The van der Waals surface area contributed by atoms with Crippen molar-refractivity contribution in [2.75, 3.05) is 18.4 Å². The highest BCUT2D eigenvalue weighted by molar-refractivity contribution is 5.93. The van der Waals surface area contributed by atoms with Gasteiger partial charge in [0.05, 0.1) is 12.3 Å². The summed E-state index contributed by atoms with van der Waals surface area (Å²) in [6.45, 7) is 1.23. The molecule has 0 aromatic carbocycles. The number of likely N-dealkylation sites (tertiary alicyclic amines) is 1. The average molecular weight is 368 g/mol. The van der Waals surface area contributed by atoms with Crippen LogP contribution in [0.2, 0.25) is 0 Å². The standard InChI is InChI=1S/C17H19F3N4O2/c18-17(19,20)14-9-11(13-5-4-8-26-13)21-15-10-12(22-24(14)15)16(25)23-6-2-1-3-7-23/h4-5,8,10-11,14,21H,1-3,6-7,9H2. The Balaban J connectivity index is 1.66. The number of aromatic nitrogens is 2. The third-order valence-corrected chi connectivity index (χ3v) is 4.94. The smallest absolute Gasteiger partial charge is 0.410 e. The molecule has 1 N–H and O–H groups in total. The lowest BCUT2D eigenvalue weighted by atomic mass is 10.0. The number of carbonyl (C=O) groups excluding carboxylic acids is 1. The second kappa shape index (κ2) is 6.37. The number of fused-ring (bicyclic) bond motifs is 1. The summed E-state index contributed by atoms with van der Waals surface area (Å²) >= 11 is 0. The first kappa shape index (κ1) is 17.0. The zero-order valence-electron chi connectivity index (χ0n) is 14.0. The first-order chi connectivity index (χ1) is 12.4. The minimum Gasteiger partial charge on any atom is -0.467 e. The van der Waals surface area contributed by atoms with Crippen molar-refractivity contribution in [3.63, 3.8) is 0 Å². The molecule has 4 rings (SSSR count). The molecule has 4 heterocycles. The third-order valence-electron chi connectivity index (χ3n) is 4.94. The maximum atomic E-state index is 13.6. The van der Waals surface area contributed by atoms with Crippen LogP contribution in [0, 0.1) is 0 Å². The molecule has 2 unspecified atom stereocenters. The van der Waals surface area contributed by atoms with E-state index in [2.05, 4.69) is 10.4 Å². The molecule has 0 spiro atoms. The van der Waals surface area contributed by atoms with Gasteiger partial charge in [0, 0.05) is 25.6 Å². The molecule has 2 aromatic heterocycles. The highest BCUT2D eigenvalue weighted by Gasteiger charge is 2.47. The van der Waals surface area contributed by atoms with Crippen molar-refractivity contribution in [1.29, 1.82) is 0 Å². The fraction of sp³-hybridized carbons (Fsp3) is 0.529. The van der Waals surface area contributed by atoms with Gasteiger partial charge in [-0.05, 0) is 31.4 Å². The van der Waals surface area contributed by atoms with Crippen molar-refractivity contribution in [3.8, 4) is 0 Å². The van der Waals surface area contributed by atoms with Gasteiger partial charge in [-0.1, -0.05) is 0 Å². The summed E-state index contributed by atoms with van der Waals surface area (Å²) in [5.41, 5.74) is 0.0451. The molecule has 6 nitrogen and oxygen atoms in total. The molecule has 0 aliphatic carbocycles. The molecule has 1 saturated heterocycles. The second-order valence-corrected chi connectivity index (χ2v) is 6.72. The summed E-state index contributed by atoms with van der Waals surface area (Å²) in [5, 5.41) is 7.02. The number of carbonyl (C=O) groups is 1. The number of furan rings is 1. The zero-order chi connectivity index (χ0) is 18.3. The molecule has 0 bridgehead atoms. The molecule has 26 heavy (non-hydrogen) atoms. The molecule has 1 amide bonds. The molecular formula is C17H19F3N4O2. The summed E-state index contributed by atoms with van der Waals surface area (Å²) in [6.07, 6.45) is -0.419. The molecule has 2 aromatic rings. The molecule has 9 heteroatoms. The van der Waals surface area contributed by atoms with E-state index in [0.29, 0.717) is 18.8 Å². The second-order valence-electron chi connectivity index (χ2n) is 6.72. The fourth-order valence-corrected chi connectivity index (χ4v) is 3.61. The van der Waals surface area contributed by atoms with Crippen molar-refractivity contribution >= 4 is 11.7 Å². The minimum atomic E-state index is -4.47. The zero-order valence-corrected chi connectivity index (χ0v) is 14.0. The maximum absolute atomic E-state index is 13.6. The van der Waals surface area contributed by atoms with E-state index in [1.165, 1.54) is 12.3 Å². The first-order valence-corrected chi connectivity index (χ1v) is 8.69. The van der Waals surface area contributed by atoms with Crippen molar-refractivity contribution in [3.05, 3.63) is 35.9 Å². The summed E-state index contributed by atoms with van der Waals surface area (Å²) in [7, 11) is 0. The SMILES string of the molecule is O=C(c1cc2n(n1)C(C(F)(F)F)CC(c1ccco1)N2)N1CCCCC1. The van der Waals surface area contributed by atoms with Gasteiger partial charge in [-0.3, -0.25) is 4.79 Å². The van der Waals surface area contributed by atoms with Crippen LogP contribution < -0.4 is 5.32 Å². The van der Waals surface area contributed by atoms with Crippen LogP contribution in [0.25, 0.3) is 0 Å². The van der Waals surface area contributed by atoms with Gasteiger partial charge in [0.25, 0.3) is 5.91 Å². The van der Waals surface area contributed by atoms with Crippen LogP contribution in [0.1, 0.15) is 54.0 Å². The number of hydrogen-bond donors (Lipinski definition) is 1. The van der Waals surface area contributed by atoms with E-state index in [4.69, 9.17) is 4.42 Å². The third kappa shape index (κ3) is 3.06. The Hall–Kier alpha value is -2.45. The molecule has 2 aliphatic heterocycles. The van der Waals surface area contributed by atoms with Crippen molar-refractivity contribution in [2.24, 2.45) is 0 Å². The number of nitrogens with one attached hydrogen (secondary N) is 1.